The topological polar surface area (TPSA) is 84.0 Å². The molecule has 6 heteroatoms. The fourth-order valence-electron chi connectivity index (χ4n) is 1.53. The molecule has 102 valence electrons. The van der Waals surface area contributed by atoms with Gasteiger partial charge >= 0.3 is 0 Å². The zero-order chi connectivity index (χ0) is 14.2. The summed E-state index contributed by atoms with van der Waals surface area (Å²) in [6.45, 7) is 0.336. The minimum Gasteiger partial charge on any atom is -0.350 e. The zero-order valence-corrected chi connectivity index (χ0v) is 10.7. The van der Waals surface area contributed by atoms with Crippen LogP contribution in [0.2, 0.25) is 0 Å². The monoisotopic (exact) mass is 270 g/mol. The Labute approximate surface area is 116 Å². The third-order valence-electron chi connectivity index (χ3n) is 2.54. The first-order valence-corrected chi connectivity index (χ1v) is 6.10. The summed E-state index contributed by atoms with van der Waals surface area (Å²) in [7, 11) is 0. The molecule has 0 fully saturated rings. The van der Waals surface area contributed by atoms with Crippen molar-refractivity contribution in [2.24, 2.45) is 0 Å². The first-order valence-electron chi connectivity index (χ1n) is 6.10. The van der Waals surface area contributed by atoms with E-state index in [0.29, 0.717) is 6.54 Å². The first kappa shape index (κ1) is 13.7. The third kappa shape index (κ3) is 4.16. The van der Waals surface area contributed by atoms with E-state index in [4.69, 9.17) is 0 Å². The van der Waals surface area contributed by atoms with Crippen LogP contribution in [0.5, 0.6) is 0 Å². The van der Waals surface area contributed by atoms with Crippen LogP contribution >= 0.6 is 0 Å². The van der Waals surface area contributed by atoms with Gasteiger partial charge in [-0.05, 0) is 5.56 Å². The Morgan fingerprint density at radius 3 is 2.55 bits per heavy atom. The molecule has 0 radical (unpaired) electrons. The molecule has 2 rings (SSSR count). The number of nitrogens with one attached hydrogen (secondary N) is 2. The number of hydrogen-bond acceptors (Lipinski definition) is 4. The van der Waals surface area contributed by atoms with Gasteiger partial charge in [0.05, 0.1) is 12.7 Å². The predicted molar refractivity (Wildman–Crippen MR) is 72.7 cm³/mol. The molecule has 0 aliphatic rings. The zero-order valence-electron chi connectivity index (χ0n) is 10.7. The second-order valence-corrected chi connectivity index (χ2v) is 4.04. The summed E-state index contributed by atoms with van der Waals surface area (Å²) in [5, 5.41) is 5.20. The van der Waals surface area contributed by atoms with Crippen LogP contribution in [0.15, 0.2) is 48.9 Å². The van der Waals surface area contributed by atoms with Gasteiger partial charge in [-0.3, -0.25) is 14.6 Å². The van der Waals surface area contributed by atoms with E-state index in [-0.39, 0.29) is 18.1 Å². The van der Waals surface area contributed by atoms with Gasteiger partial charge in [-0.25, -0.2) is 4.98 Å². The molecule has 1 aromatic carbocycles. The molecule has 6 nitrogen and oxygen atoms in total. The number of benzene rings is 1. The van der Waals surface area contributed by atoms with Crippen LogP contribution in [0.1, 0.15) is 16.1 Å². The quantitative estimate of drug-likeness (QED) is 0.829. The highest BCUT2D eigenvalue weighted by Crippen LogP contribution is 1.96. The molecular weight excluding hydrogens is 256 g/mol. The number of rotatable bonds is 5. The molecule has 0 atom stereocenters. The molecule has 2 aromatic rings. The van der Waals surface area contributed by atoms with Crippen LogP contribution in [-0.4, -0.2) is 28.3 Å². The van der Waals surface area contributed by atoms with Gasteiger partial charge in [0.1, 0.15) is 5.69 Å². The standard InChI is InChI=1S/C14H14N4O2/c19-13(17-8-11-4-2-1-3-5-11)10-18-14(20)12-9-15-6-7-16-12/h1-7,9H,8,10H2,(H,17,19)(H,18,20). The average Bonchev–Trinajstić information content (AvgIpc) is 2.52. The Balaban J connectivity index is 1.74. The van der Waals surface area contributed by atoms with Gasteiger partial charge in [0.25, 0.3) is 5.91 Å². The van der Waals surface area contributed by atoms with Gasteiger partial charge in [0.2, 0.25) is 5.91 Å². The van der Waals surface area contributed by atoms with Gasteiger partial charge in [0.15, 0.2) is 0 Å². The lowest BCUT2D eigenvalue weighted by molar-refractivity contribution is -0.120. The minimum absolute atomic E-state index is 0.0950. The van der Waals surface area contributed by atoms with Crippen molar-refractivity contribution >= 4 is 11.8 Å². The maximum atomic E-state index is 11.6. The van der Waals surface area contributed by atoms with Crippen molar-refractivity contribution < 1.29 is 9.59 Å². The number of nitrogens with zero attached hydrogens (tertiary/aromatic N) is 2. The minimum atomic E-state index is -0.423. The van der Waals surface area contributed by atoms with E-state index in [2.05, 4.69) is 20.6 Å². The Kier molecular flexibility index (Phi) is 4.77. The normalized spacial score (nSPS) is 9.80. The van der Waals surface area contributed by atoms with Gasteiger partial charge in [-0.15, -0.1) is 0 Å². The number of carbonyl (C=O) groups is 2. The Morgan fingerprint density at radius 1 is 1.05 bits per heavy atom. The smallest absolute Gasteiger partial charge is 0.271 e. The van der Waals surface area contributed by atoms with Crippen molar-refractivity contribution in [1.29, 1.82) is 0 Å². The first-order chi connectivity index (χ1) is 9.75. The Hall–Kier alpha value is -2.76. The molecule has 0 unspecified atom stereocenters. The maximum Gasteiger partial charge on any atom is 0.271 e. The number of carbonyl (C=O) groups excluding carboxylic acids is 2. The maximum absolute atomic E-state index is 11.6. The third-order valence-corrected chi connectivity index (χ3v) is 2.54. The molecule has 0 saturated heterocycles. The SMILES string of the molecule is O=C(CNC(=O)c1cnccn1)NCc1ccccc1. The van der Waals surface area contributed by atoms with Crippen molar-refractivity contribution in [1.82, 2.24) is 20.6 Å². The predicted octanol–water partition coefficient (Wildman–Crippen LogP) is 0.523. The average molecular weight is 270 g/mol. The molecular formula is C14H14N4O2. The van der Waals surface area contributed by atoms with Crippen molar-refractivity contribution in [2.75, 3.05) is 6.54 Å². The van der Waals surface area contributed by atoms with Crippen LogP contribution in [-0.2, 0) is 11.3 Å². The van der Waals surface area contributed by atoms with E-state index >= 15 is 0 Å². The van der Waals surface area contributed by atoms with E-state index in [1.165, 1.54) is 18.6 Å². The summed E-state index contributed by atoms with van der Waals surface area (Å²) in [5.74, 6) is -0.681. The van der Waals surface area contributed by atoms with Crippen LogP contribution in [0.3, 0.4) is 0 Å². The lowest BCUT2D eigenvalue weighted by Crippen LogP contribution is -2.36. The van der Waals surface area contributed by atoms with Gasteiger partial charge in [0, 0.05) is 18.9 Å². The van der Waals surface area contributed by atoms with Crippen molar-refractivity contribution in [3.63, 3.8) is 0 Å². The molecule has 0 aliphatic carbocycles. The summed E-state index contributed by atoms with van der Waals surface area (Å²) in [6.07, 6.45) is 4.24. The van der Waals surface area contributed by atoms with Crippen LogP contribution < -0.4 is 10.6 Å². The molecule has 20 heavy (non-hydrogen) atoms. The summed E-state index contributed by atoms with van der Waals surface area (Å²) in [5.41, 5.74) is 1.18. The van der Waals surface area contributed by atoms with E-state index in [1.54, 1.807) is 0 Å². The molecule has 0 spiro atoms. The van der Waals surface area contributed by atoms with Crippen molar-refractivity contribution in [3.05, 3.63) is 60.2 Å². The second kappa shape index (κ2) is 6.98. The molecule has 2 N–H and O–H groups in total. The highest BCUT2D eigenvalue weighted by molar-refractivity contribution is 5.94. The Morgan fingerprint density at radius 2 is 1.85 bits per heavy atom. The highest BCUT2D eigenvalue weighted by Gasteiger charge is 2.08. The largest absolute Gasteiger partial charge is 0.350 e. The lowest BCUT2D eigenvalue weighted by Gasteiger charge is -2.06. The van der Waals surface area contributed by atoms with Crippen molar-refractivity contribution in [3.8, 4) is 0 Å². The Bertz CT molecular complexity index is 572. The molecule has 0 aliphatic heterocycles. The molecule has 0 bridgehead atoms. The van der Waals surface area contributed by atoms with Crippen molar-refractivity contribution in [2.45, 2.75) is 6.54 Å². The van der Waals surface area contributed by atoms with E-state index < -0.39 is 5.91 Å². The van der Waals surface area contributed by atoms with Crippen LogP contribution in [0.4, 0.5) is 0 Å². The van der Waals surface area contributed by atoms with E-state index in [0.717, 1.165) is 5.56 Å². The molecule has 2 amide bonds. The van der Waals surface area contributed by atoms with Gasteiger partial charge in [-0.1, -0.05) is 30.3 Å². The fraction of sp³-hybridized carbons (Fsp3) is 0.143. The lowest BCUT2D eigenvalue weighted by atomic mass is 10.2. The van der Waals surface area contributed by atoms with Gasteiger partial charge in [-0.2, -0.15) is 0 Å². The van der Waals surface area contributed by atoms with Crippen LogP contribution in [0.25, 0.3) is 0 Å². The molecule has 0 saturated carbocycles. The fourth-order valence-corrected chi connectivity index (χ4v) is 1.53. The highest BCUT2D eigenvalue weighted by atomic mass is 16.2. The second-order valence-electron chi connectivity index (χ2n) is 4.04. The molecule has 1 heterocycles. The summed E-state index contributed by atoms with van der Waals surface area (Å²) >= 11 is 0. The number of hydrogen-bond donors (Lipinski definition) is 2. The van der Waals surface area contributed by atoms with Crippen LogP contribution in [0, 0.1) is 0 Å². The van der Waals surface area contributed by atoms with E-state index in [1.807, 2.05) is 30.3 Å². The van der Waals surface area contributed by atoms with E-state index in [9.17, 15) is 9.59 Å². The summed E-state index contributed by atoms with van der Waals surface area (Å²) in [6, 6.07) is 9.54. The number of amides is 2. The summed E-state index contributed by atoms with van der Waals surface area (Å²) < 4.78 is 0. The molecule has 1 aromatic heterocycles. The van der Waals surface area contributed by atoms with Gasteiger partial charge < -0.3 is 10.6 Å². The number of aromatic nitrogens is 2. The summed E-state index contributed by atoms with van der Waals surface area (Å²) in [4.78, 5) is 30.8.